The summed E-state index contributed by atoms with van der Waals surface area (Å²) in [7, 11) is 1.66. The Bertz CT molecular complexity index is 1420. The quantitative estimate of drug-likeness (QED) is 0.169. The van der Waals surface area contributed by atoms with Crippen LogP contribution in [0.2, 0.25) is 0 Å². The minimum atomic E-state index is -0.245. The summed E-state index contributed by atoms with van der Waals surface area (Å²) in [4.78, 5) is 17.9. The lowest BCUT2D eigenvalue weighted by Gasteiger charge is -2.17. The molecule has 4 rings (SSSR count). The highest BCUT2D eigenvalue weighted by molar-refractivity contribution is 5.96. The first kappa shape index (κ1) is 27.0. The fourth-order valence-corrected chi connectivity index (χ4v) is 4.75. The number of nitrogens with zero attached hydrogens (tertiary/aromatic N) is 2. The minimum Gasteiger partial charge on any atom is -0.493 e. The van der Waals surface area contributed by atoms with Crippen molar-refractivity contribution in [3.8, 4) is 11.5 Å². The third-order valence-corrected chi connectivity index (χ3v) is 6.69. The van der Waals surface area contributed by atoms with Gasteiger partial charge >= 0.3 is 0 Å². The lowest BCUT2D eigenvalue weighted by molar-refractivity contribution is 0.0937. The molecule has 1 unspecified atom stereocenters. The van der Waals surface area contributed by atoms with Crippen molar-refractivity contribution < 1.29 is 14.3 Å². The van der Waals surface area contributed by atoms with Crippen LogP contribution in [0.25, 0.3) is 11.0 Å². The van der Waals surface area contributed by atoms with E-state index in [0.717, 1.165) is 70.9 Å². The summed E-state index contributed by atoms with van der Waals surface area (Å²) in [5.74, 6) is 2.25. The third kappa shape index (κ3) is 6.25. The number of ether oxygens (including phenoxy) is 2. The molecule has 0 bridgehead atoms. The van der Waals surface area contributed by atoms with E-state index in [-0.39, 0.29) is 11.9 Å². The van der Waals surface area contributed by atoms with Crippen molar-refractivity contribution in [3.63, 3.8) is 0 Å². The SMILES string of the molecule is C=CCc1ccc(OCCCCn2c(C(C)NC(=O)c3ccc(C)cc3C)nc3ccccc32)c(OC)c1. The van der Waals surface area contributed by atoms with Crippen LogP contribution in [0.15, 0.2) is 73.3 Å². The van der Waals surface area contributed by atoms with Crippen molar-refractivity contribution in [1.82, 2.24) is 14.9 Å². The van der Waals surface area contributed by atoms with Crippen molar-refractivity contribution in [3.05, 3.63) is 101 Å². The van der Waals surface area contributed by atoms with Crippen LogP contribution < -0.4 is 14.8 Å². The van der Waals surface area contributed by atoms with E-state index in [1.807, 2.05) is 81.4 Å². The number of unbranched alkanes of at least 4 members (excludes halogenated alkanes) is 1. The number of aryl methyl sites for hydroxylation is 3. The van der Waals surface area contributed by atoms with Crippen molar-refractivity contribution >= 4 is 16.9 Å². The molecule has 0 aliphatic carbocycles. The van der Waals surface area contributed by atoms with Gasteiger partial charge in [-0.15, -0.1) is 6.58 Å². The lowest BCUT2D eigenvalue weighted by atomic mass is 10.0. The summed E-state index contributed by atoms with van der Waals surface area (Å²) >= 11 is 0. The van der Waals surface area contributed by atoms with Crippen LogP contribution in [0.1, 0.15) is 58.7 Å². The average molecular weight is 512 g/mol. The van der Waals surface area contributed by atoms with Crippen LogP contribution in [0.4, 0.5) is 0 Å². The number of benzene rings is 3. The van der Waals surface area contributed by atoms with Gasteiger partial charge in [-0.25, -0.2) is 4.98 Å². The molecule has 1 N–H and O–H groups in total. The van der Waals surface area contributed by atoms with Crippen LogP contribution in [-0.2, 0) is 13.0 Å². The molecule has 1 amide bonds. The highest BCUT2D eigenvalue weighted by Crippen LogP contribution is 2.29. The molecule has 1 atom stereocenters. The summed E-state index contributed by atoms with van der Waals surface area (Å²) in [6, 6.07) is 19.7. The van der Waals surface area contributed by atoms with Gasteiger partial charge in [-0.1, -0.05) is 42.0 Å². The molecule has 3 aromatic carbocycles. The number of hydrogen-bond donors (Lipinski definition) is 1. The molecule has 0 aliphatic heterocycles. The Balaban J connectivity index is 1.42. The van der Waals surface area contributed by atoms with Crippen molar-refractivity contribution in [2.45, 2.75) is 52.6 Å². The van der Waals surface area contributed by atoms with Gasteiger partial charge in [0.1, 0.15) is 5.82 Å². The van der Waals surface area contributed by atoms with E-state index in [1.54, 1.807) is 7.11 Å². The van der Waals surface area contributed by atoms with Gasteiger partial charge in [0.15, 0.2) is 11.5 Å². The van der Waals surface area contributed by atoms with Gasteiger partial charge in [0.25, 0.3) is 5.91 Å². The predicted molar refractivity (Wildman–Crippen MR) is 153 cm³/mol. The topological polar surface area (TPSA) is 65.4 Å². The molecular formula is C32H37N3O3. The molecule has 1 aromatic heterocycles. The maximum Gasteiger partial charge on any atom is 0.252 e. The highest BCUT2D eigenvalue weighted by Gasteiger charge is 2.20. The zero-order valence-corrected chi connectivity index (χ0v) is 22.8. The summed E-state index contributed by atoms with van der Waals surface area (Å²) in [5.41, 5.74) is 5.93. The maximum absolute atomic E-state index is 13.1. The number of rotatable bonds is 12. The van der Waals surface area contributed by atoms with Gasteiger partial charge < -0.3 is 19.4 Å². The van der Waals surface area contributed by atoms with E-state index in [2.05, 4.69) is 22.5 Å². The monoisotopic (exact) mass is 511 g/mol. The molecule has 0 spiro atoms. The summed E-state index contributed by atoms with van der Waals surface area (Å²) in [6.45, 7) is 11.1. The first-order chi connectivity index (χ1) is 18.4. The van der Waals surface area contributed by atoms with E-state index in [4.69, 9.17) is 14.5 Å². The highest BCUT2D eigenvalue weighted by atomic mass is 16.5. The van der Waals surface area contributed by atoms with Gasteiger partial charge in [0.2, 0.25) is 0 Å². The summed E-state index contributed by atoms with van der Waals surface area (Å²) in [5, 5.41) is 3.16. The fraction of sp³-hybridized carbons (Fsp3) is 0.312. The molecule has 6 heteroatoms. The Hall–Kier alpha value is -4.06. The molecule has 198 valence electrons. The van der Waals surface area contributed by atoms with E-state index in [9.17, 15) is 4.79 Å². The number of carbonyl (C=O) groups excluding carboxylic acids is 1. The van der Waals surface area contributed by atoms with E-state index in [1.165, 1.54) is 0 Å². The van der Waals surface area contributed by atoms with Crippen LogP contribution in [0, 0.1) is 13.8 Å². The summed E-state index contributed by atoms with van der Waals surface area (Å²) in [6.07, 6.45) is 4.44. The van der Waals surface area contributed by atoms with Crippen molar-refractivity contribution in [2.24, 2.45) is 0 Å². The normalized spacial score (nSPS) is 11.8. The molecule has 0 fully saturated rings. The Morgan fingerprint density at radius 1 is 1.08 bits per heavy atom. The number of methoxy groups -OCH3 is 1. The molecule has 6 nitrogen and oxygen atoms in total. The zero-order chi connectivity index (χ0) is 27.1. The average Bonchev–Trinajstić information content (AvgIpc) is 3.28. The Labute approximate surface area is 225 Å². The molecule has 38 heavy (non-hydrogen) atoms. The second-order valence-electron chi connectivity index (χ2n) is 9.66. The number of amides is 1. The molecule has 0 radical (unpaired) electrons. The molecule has 0 saturated carbocycles. The number of hydrogen-bond acceptors (Lipinski definition) is 4. The number of carbonyl (C=O) groups is 1. The number of aromatic nitrogens is 2. The lowest BCUT2D eigenvalue weighted by Crippen LogP contribution is -2.29. The molecule has 4 aromatic rings. The van der Waals surface area contributed by atoms with E-state index >= 15 is 0 Å². The molecule has 0 aliphatic rings. The Morgan fingerprint density at radius 2 is 1.89 bits per heavy atom. The second-order valence-corrected chi connectivity index (χ2v) is 9.66. The number of para-hydroxylation sites is 2. The Kier molecular flexibility index (Phi) is 8.85. The summed E-state index contributed by atoms with van der Waals surface area (Å²) < 4.78 is 13.8. The third-order valence-electron chi connectivity index (χ3n) is 6.69. The van der Waals surface area contributed by atoms with E-state index < -0.39 is 0 Å². The standard InChI is InChI=1S/C32H37N3O3/c1-6-11-25-15-17-29(30(21-25)37-5)38-19-10-9-18-35-28-13-8-7-12-27(28)34-31(35)24(4)33-32(36)26-16-14-22(2)20-23(26)3/h6-8,12-17,20-21,24H,1,9-11,18-19H2,2-5H3,(H,33,36). The smallest absolute Gasteiger partial charge is 0.252 e. The van der Waals surface area contributed by atoms with Gasteiger partial charge in [-0.05, 0) is 81.5 Å². The Morgan fingerprint density at radius 3 is 2.66 bits per heavy atom. The van der Waals surface area contributed by atoms with Crippen molar-refractivity contribution in [1.29, 1.82) is 0 Å². The predicted octanol–water partition coefficient (Wildman–Crippen LogP) is 6.74. The van der Waals surface area contributed by atoms with Crippen LogP contribution in [0.3, 0.4) is 0 Å². The first-order valence-corrected chi connectivity index (χ1v) is 13.1. The molecular weight excluding hydrogens is 474 g/mol. The first-order valence-electron chi connectivity index (χ1n) is 13.1. The fourth-order valence-electron chi connectivity index (χ4n) is 4.75. The second kappa shape index (κ2) is 12.5. The van der Waals surface area contributed by atoms with Crippen LogP contribution in [-0.4, -0.2) is 29.2 Å². The zero-order valence-electron chi connectivity index (χ0n) is 22.8. The van der Waals surface area contributed by atoms with Gasteiger partial charge in [-0.2, -0.15) is 0 Å². The number of imidazole rings is 1. The minimum absolute atomic E-state index is 0.0879. The van der Waals surface area contributed by atoms with Gasteiger partial charge in [-0.3, -0.25) is 4.79 Å². The largest absolute Gasteiger partial charge is 0.493 e. The number of nitrogens with one attached hydrogen (secondary N) is 1. The maximum atomic E-state index is 13.1. The number of allylic oxidation sites excluding steroid dienone is 1. The van der Waals surface area contributed by atoms with Gasteiger partial charge in [0.05, 0.1) is 30.8 Å². The van der Waals surface area contributed by atoms with Crippen LogP contribution in [0.5, 0.6) is 11.5 Å². The van der Waals surface area contributed by atoms with Gasteiger partial charge in [0, 0.05) is 12.1 Å². The molecule has 0 saturated heterocycles. The number of fused-ring (bicyclic) bond motifs is 1. The van der Waals surface area contributed by atoms with Crippen LogP contribution >= 0.6 is 0 Å². The van der Waals surface area contributed by atoms with Crippen molar-refractivity contribution in [2.75, 3.05) is 13.7 Å². The van der Waals surface area contributed by atoms with E-state index in [0.29, 0.717) is 12.2 Å². The molecule has 1 heterocycles.